The van der Waals surface area contributed by atoms with Gasteiger partial charge in [0.2, 0.25) is 0 Å². The number of carbonyl (C=O) groups excluding carboxylic acids is 5. The maximum atomic E-state index is 14.2. The molecule has 16 nitrogen and oxygen atoms in total. The van der Waals surface area contributed by atoms with Gasteiger partial charge >= 0.3 is 17.9 Å². The molecule has 7 rings (SSSR count). The molecule has 4 aliphatic heterocycles. The van der Waals surface area contributed by atoms with E-state index >= 15 is 0 Å². The van der Waals surface area contributed by atoms with Gasteiger partial charge in [0, 0.05) is 33.4 Å². The van der Waals surface area contributed by atoms with E-state index < -0.39 is 104 Å². The molecule has 0 spiro atoms. The van der Waals surface area contributed by atoms with Crippen LogP contribution in [-0.4, -0.2) is 116 Å². The number of methoxy groups -OCH3 is 1. The highest BCUT2D eigenvalue weighted by atomic mass is 16.8. The first-order valence-electron chi connectivity index (χ1n) is 18.5. The number of rotatable bonds is 12. The SMILES string of the molecule is CO[C@H]1O[C@@H]2CO[C@@H](c3ccccc3)O[C@H]2[C@H](O[C@@H]2O[C@H](COC(C)=O)[C@@H](OC(C)=O)[C@H](OC(C)=O)[C@H]2N2C(=O)c3ccccc3C2=O)[C@H]1OCc1ccccc1. The first-order chi connectivity index (χ1) is 27.5. The monoisotopic (exact) mass is 789 g/mol. The van der Waals surface area contributed by atoms with E-state index in [1.165, 1.54) is 26.2 Å². The molecule has 4 aliphatic rings. The van der Waals surface area contributed by atoms with Gasteiger partial charge in [0.05, 0.1) is 24.3 Å². The summed E-state index contributed by atoms with van der Waals surface area (Å²) in [6, 6.07) is 23.2. The molecule has 0 saturated carbocycles. The third-order valence-corrected chi connectivity index (χ3v) is 9.96. The summed E-state index contributed by atoms with van der Waals surface area (Å²) in [5.74, 6) is -3.80. The molecule has 3 fully saturated rings. The number of nitrogens with zero attached hydrogens (tertiary/aromatic N) is 1. The first-order valence-corrected chi connectivity index (χ1v) is 18.5. The molecule has 0 N–H and O–H groups in total. The topological polar surface area (TPSA) is 181 Å². The Morgan fingerprint density at radius 2 is 1.32 bits per heavy atom. The second-order valence-electron chi connectivity index (χ2n) is 13.8. The fraction of sp³-hybridized carbons (Fsp3) is 0.439. The van der Waals surface area contributed by atoms with Crippen LogP contribution in [0, 0.1) is 0 Å². The van der Waals surface area contributed by atoms with Crippen molar-refractivity contribution in [2.75, 3.05) is 20.3 Å². The van der Waals surface area contributed by atoms with E-state index in [1.807, 2.05) is 60.7 Å². The van der Waals surface area contributed by atoms with Gasteiger partial charge in [0.15, 0.2) is 31.1 Å². The number of hydrogen-bond acceptors (Lipinski definition) is 15. The van der Waals surface area contributed by atoms with Gasteiger partial charge in [-0.25, -0.2) is 0 Å². The highest BCUT2D eigenvalue weighted by Crippen LogP contribution is 2.41. The van der Waals surface area contributed by atoms with Crippen LogP contribution in [0.1, 0.15) is 58.9 Å². The molecule has 57 heavy (non-hydrogen) atoms. The zero-order valence-corrected chi connectivity index (χ0v) is 31.6. The van der Waals surface area contributed by atoms with Crippen LogP contribution in [0.3, 0.4) is 0 Å². The van der Waals surface area contributed by atoms with Crippen molar-refractivity contribution in [1.82, 2.24) is 4.90 Å². The van der Waals surface area contributed by atoms with E-state index in [0.717, 1.165) is 24.3 Å². The molecule has 0 unspecified atom stereocenters. The van der Waals surface area contributed by atoms with Crippen LogP contribution >= 0.6 is 0 Å². The molecule has 16 heteroatoms. The van der Waals surface area contributed by atoms with Gasteiger partial charge in [-0.15, -0.1) is 0 Å². The number of imide groups is 1. The summed E-state index contributed by atoms with van der Waals surface area (Å²) in [6.45, 7) is 3.06. The van der Waals surface area contributed by atoms with Crippen LogP contribution < -0.4 is 0 Å². The van der Waals surface area contributed by atoms with Crippen molar-refractivity contribution in [3.8, 4) is 0 Å². The van der Waals surface area contributed by atoms with Crippen LogP contribution in [-0.2, 0) is 68.4 Å². The van der Waals surface area contributed by atoms with Gasteiger partial charge in [-0.1, -0.05) is 72.8 Å². The summed E-state index contributed by atoms with van der Waals surface area (Å²) in [7, 11) is 1.44. The Morgan fingerprint density at radius 1 is 0.702 bits per heavy atom. The minimum atomic E-state index is -1.66. The lowest BCUT2D eigenvalue weighted by Crippen LogP contribution is -2.70. The molecule has 0 aromatic heterocycles. The Kier molecular flexibility index (Phi) is 12.4. The maximum absolute atomic E-state index is 14.2. The predicted molar refractivity (Wildman–Crippen MR) is 193 cm³/mol. The minimum absolute atomic E-state index is 0.0440. The van der Waals surface area contributed by atoms with Crippen molar-refractivity contribution < 1.29 is 71.3 Å². The second-order valence-corrected chi connectivity index (χ2v) is 13.8. The van der Waals surface area contributed by atoms with Crippen molar-refractivity contribution >= 4 is 29.7 Å². The largest absolute Gasteiger partial charge is 0.463 e. The summed E-state index contributed by atoms with van der Waals surface area (Å²) in [5, 5.41) is 0. The molecular formula is C41H43NO15. The Bertz CT molecular complexity index is 1890. The van der Waals surface area contributed by atoms with Gasteiger partial charge in [-0.3, -0.25) is 28.9 Å². The summed E-state index contributed by atoms with van der Waals surface area (Å²) in [5.41, 5.74) is 1.70. The van der Waals surface area contributed by atoms with Gasteiger partial charge in [0.25, 0.3) is 11.8 Å². The molecule has 11 atom stereocenters. The normalized spacial score (nSPS) is 30.9. The predicted octanol–water partition coefficient (Wildman–Crippen LogP) is 3.26. The number of ether oxygens (including phenoxy) is 10. The van der Waals surface area contributed by atoms with Crippen LogP contribution in [0.2, 0.25) is 0 Å². The number of esters is 3. The standard InChI is InChI=1S/C41H43NO15/c1-22(43)49-20-29-32(52-23(2)44)34(53-24(3)45)31(42-37(46)27-17-11-12-18-28(27)38(42)47)40(54-29)57-35-33-30(21-51-39(56-33)26-15-9-6-10-16-26)55-41(48-4)36(35)50-19-25-13-7-5-8-14-25/h5-18,29-36,39-41H,19-21H2,1-4H3/t29-,30-,31-,32-,33-,34-,35+,36-,39-,40+,41+/m1/s1. The van der Waals surface area contributed by atoms with Crippen LogP contribution in [0.25, 0.3) is 0 Å². The molecule has 3 aromatic carbocycles. The Morgan fingerprint density at radius 3 is 1.93 bits per heavy atom. The molecule has 4 heterocycles. The second kappa shape index (κ2) is 17.6. The Hall–Kier alpha value is -5.07. The summed E-state index contributed by atoms with van der Waals surface area (Å²) >= 11 is 0. The van der Waals surface area contributed by atoms with Crippen LogP contribution in [0.4, 0.5) is 0 Å². The zero-order chi connectivity index (χ0) is 40.2. The number of amides is 2. The van der Waals surface area contributed by atoms with Crippen molar-refractivity contribution in [1.29, 1.82) is 0 Å². The fourth-order valence-electron chi connectivity index (χ4n) is 7.52. The lowest BCUT2D eigenvalue weighted by Gasteiger charge is -2.52. The van der Waals surface area contributed by atoms with Crippen molar-refractivity contribution in [2.24, 2.45) is 0 Å². The molecule has 302 valence electrons. The number of hydrogen-bond donors (Lipinski definition) is 0. The van der Waals surface area contributed by atoms with Gasteiger partial charge < -0.3 is 47.4 Å². The van der Waals surface area contributed by atoms with Gasteiger partial charge in [-0.05, 0) is 17.7 Å². The van der Waals surface area contributed by atoms with Crippen LogP contribution in [0.5, 0.6) is 0 Å². The highest BCUT2D eigenvalue weighted by molar-refractivity contribution is 6.21. The van der Waals surface area contributed by atoms with E-state index in [2.05, 4.69) is 0 Å². The third kappa shape index (κ3) is 8.62. The highest BCUT2D eigenvalue weighted by Gasteiger charge is 2.60. The van der Waals surface area contributed by atoms with Crippen molar-refractivity contribution in [3.63, 3.8) is 0 Å². The molecule has 0 bridgehead atoms. The number of benzene rings is 3. The molecule has 0 aliphatic carbocycles. The minimum Gasteiger partial charge on any atom is -0.463 e. The smallest absolute Gasteiger partial charge is 0.303 e. The maximum Gasteiger partial charge on any atom is 0.303 e. The summed E-state index contributed by atoms with van der Waals surface area (Å²) < 4.78 is 61.7. The van der Waals surface area contributed by atoms with Gasteiger partial charge in [0.1, 0.15) is 43.2 Å². The fourth-order valence-corrected chi connectivity index (χ4v) is 7.52. The Labute approximate surface area is 328 Å². The summed E-state index contributed by atoms with van der Waals surface area (Å²) in [4.78, 5) is 66.9. The number of fused-ring (bicyclic) bond motifs is 2. The van der Waals surface area contributed by atoms with E-state index in [4.69, 9.17) is 47.4 Å². The third-order valence-electron chi connectivity index (χ3n) is 9.96. The van der Waals surface area contributed by atoms with E-state index in [0.29, 0.717) is 5.56 Å². The zero-order valence-electron chi connectivity index (χ0n) is 31.6. The van der Waals surface area contributed by atoms with Gasteiger partial charge in [-0.2, -0.15) is 0 Å². The molecule has 2 amide bonds. The summed E-state index contributed by atoms with van der Waals surface area (Å²) in [6.07, 6.45) is -11.9. The van der Waals surface area contributed by atoms with E-state index in [1.54, 1.807) is 12.1 Å². The molecule has 0 radical (unpaired) electrons. The molecule has 3 saturated heterocycles. The lowest BCUT2D eigenvalue weighted by atomic mass is 9.93. The number of carbonyl (C=O) groups is 5. The van der Waals surface area contributed by atoms with Crippen molar-refractivity contribution in [3.05, 3.63) is 107 Å². The lowest BCUT2D eigenvalue weighted by molar-refractivity contribution is -0.390. The van der Waals surface area contributed by atoms with Crippen LogP contribution in [0.15, 0.2) is 84.9 Å². The van der Waals surface area contributed by atoms with E-state index in [9.17, 15) is 24.0 Å². The Balaban J connectivity index is 1.33. The van der Waals surface area contributed by atoms with Crippen molar-refractivity contribution in [2.45, 2.75) is 95.0 Å². The van der Waals surface area contributed by atoms with E-state index in [-0.39, 0.29) is 24.3 Å². The average Bonchev–Trinajstić information content (AvgIpc) is 3.46. The molecular weight excluding hydrogens is 746 g/mol. The first kappa shape index (κ1) is 40.1. The molecule has 3 aromatic rings. The quantitative estimate of drug-likeness (QED) is 0.148. The average molecular weight is 790 g/mol.